The molecule has 1 unspecified atom stereocenters. The Labute approximate surface area is 104 Å². The molecule has 1 aromatic rings. The molecular weight excluding hydrogens is 204 g/mol. The predicted molar refractivity (Wildman–Crippen MR) is 74.9 cm³/mol. The molecule has 0 radical (unpaired) electrons. The molecule has 88 valence electrons. The molecule has 0 heteroatoms. The van der Waals surface area contributed by atoms with E-state index in [0.29, 0.717) is 5.92 Å². The van der Waals surface area contributed by atoms with Crippen molar-refractivity contribution in [3.8, 4) is 0 Å². The van der Waals surface area contributed by atoms with Crippen molar-refractivity contribution in [3.05, 3.63) is 71.8 Å². The molecule has 2 rings (SSSR count). The van der Waals surface area contributed by atoms with Gasteiger partial charge in [-0.05, 0) is 36.3 Å². The fraction of sp³-hybridized carbons (Fsp3) is 0.294. The summed E-state index contributed by atoms with van der Waals surface area (Å²) in [7, 11) is 0. The third-order valence-corrected chi connectivity index (χ3v) is 3.30. The van der Waals surface area contributed by atoms with Gasteiger partial charge < -0.3 is 0 Å². The van der Waals surface area contributed by atoms with E-state index in [1.807, 2.05) is 0 Å². The van der Waals surface area contributed by atoms with Gasteiger partial charge >= 0.3 is 0 Å². The predicted octanol–water partition coefficient (Wildman–Crippen LogP) is 4.70. The highest BCUT2D eigenvalue weighted by Gasteiger charge is 2.10. The Hall–Kier alpha value is -1.56. The maximum atomic E-state index is 2.29. The third-order valence-electron chi connectivity index (χ3n) is 3.30. The van der Waals surface area contributed by atoms with E-state index < -0.39 is 0 Å². The summed E-state index contributed by atoms with van der Waals surface area (Å²) in [6.07, 6.45) is 14.6. The zero-order valence-electron chi connectivity index (χ0n) is 10.5. The Balaban J connectivity index is 2.11. The summed E-state index contributed by atoms with van der Waals surface area (Å²) in [6, 6.07) is 10.8. The summed E-state index contributed by atoms with van der Waals surface area (Å²) < 4.78 is 0. The van der Waals surface area contributed by atoms with Gasteiger partial charge in [0.05, 0.1) is 0 Å². The second-order valence-electron chi connectivity index (χ2n) is 4.53. The van der Waals surface area contributed by atoms with Crippen molar-refractivity contribution in [1.82, 2.24) is 0 Å². The topological polar surface area (TPSA) is 0 Å². The van der Waals surface area contributed by atoms with Gasteiger partial charge in [-0.3, -0.25) is 0 Å². The Morgan fingerprint density at radius 3 is 2.71 bits per heavy atom. The van der Waals surface area contributed by atoms with Gasteiger partial charge in [-0.2, -0.15) is 0 Å². The molecule has 1 aliphatic rings. The third kappa shape index (κ3) is 3.45. The van der Waals surface area contributed by atoms with Gasteiger partial charge in [-0.25, -0.2) is 0 Å². The lowest BCUT2D eigenvalue weighted by atomic mass is 9.89. The summed E-state index contributed by atoms with van der Waals surface area (Å²) in [4.78, 5) is 0. The minimum absolute atomic E-state index is 0.636. The zero-order chi connectivity index (χ0) is 11.9. The quantitative estimate of drug-likeness (QED) is 0.695. The Morgan fingerprint density at radius 2 is 1.94 bits per heavy atom. The van der Waals surface area contributed by atoms with E-state index in [9.17, 15) is 0 Å². The molecule has 0 fully saturated rings. The Kier molecular flexibility index (Phi) is 4.37. The first-order valence-corrected chi connectivity index (χ1v) is 6.47. The molecular formula is C17H20. The maximum Gasteiger partial charge on any atom is -0.0124 e. The second kappa shape index (κ2) is 6.24. The van der Waals surface area contributed by atoms with E-state index in [1.165, 1.54) is 17.6 Å². The van der Waals surface area contributed by atoms with E-state index in [0.717, 1.165) is 12.8 Å². The molecule has 0 nitrogen and oxygen atoms in total. The fourth-order valence-electron chi connectivity index (χ4n) is 2.26. The molecule has 0 saturated heterocycles. The van der Waals surface area contributed by atoms with Gasteiger partial charge in [-0.1, -0.05) is 67.6 Å². The fourth-order valence-corrected chi connectivity index (χ4v) is 2.26. The van der Waals surface area contributed by atoms with Crippen molar-refractivity contribution in [2.45, 2.75) is 26.2 Å². The summed E-state index contributed by atoms with van der Waals surface area (Å²) in [6.45, 7) is 2.27. The van der Waals surface area contributed by atoms with E-state index in [-0.39, 0.29) is 0 Å². The van der Waals surface area contributed by atoms with Gasteiger partial charge in [-0.15, -0.1) is 0 Å². The first-order chi connectivity index (χ1) is 8.40. The summed E-state index contributed by atoms with van der Waals surface area (Å²) in [5.74, 6) is 0.636. The minimum Gasteiger partial charge on any atom is -0.0807 e. The summed E-state index contributed by atoms with van der Waals surface area (Å²) in [5.41, 5.74) is 2.90. The van der Waals surface area contributed by atoms with Crippen LogP contribution < -0.4 is 0 Å². The van der Waals surface area contributed by atoms with Crippen molar-refractivity contribution in [1.29, 1.82) is 0 Å². The Bertz CT molecular complexity index is 421. The molecule has 0 bridgehead atoms. The summed E-state index contributed by atoms with van der Waals surface area (Å²) >= 11 is 0. The van der Waals surface area contributed by atoms with Crippen LogP contribution in [0.2, 0.25) is 0 Å². The molecule has 1 aliphatic carbocycles. The van der Waals surface area contributed by atoms with E-state index in [2.05, 4.69) is 67.6 Å². The maximum absolute atomic E-state index is 2.29. The highest BCUT2D eigenvalue weighted by Crippen LogP contribution is 2.23. The van der Waals surface area contributed by atoms with Crippen molar-refractivity contribution < 1.29 is 0 Å². The van der Waals surface area contributed by atoms with Gasteiger partial charge in [0.1, 0.15) is 0 Å². The molecule has 17 heavy (non-hydrogen) atoms. The highest BCUT2D eigenvalue weighted by molar-refractivity contribution is 5.31. The van der Waals surface area contributed by atoms with Crippen LogP contribution in [0.4, 0.5) is 0 Å². The van der Waals surface area contributed by atoms with Crippen LogP contribution in [0, 0.1) is 5.92 Å². The van der Waals surface area contributed by atoms with Gasteiger partial charge in [0.2, 0.25) is 0 Å². The van der Waals surface area contributed by atoms with Crippen LogP contribution in [-0.2, 0) is 6.42 Å². The molecule has 0 heterocycles. The van der Waals surface area contributed by atoms with E-state index in [1.54, 1.807) is 0 Å². The molecule has 1 aromatic carbocycles. The number of allylic oxidation sites excluding steroid dienone is 6. The number of benzene rings is 1. The van der Waals surface area contributed by atoms with Crippen LogP contribution in [0.15, 0.2) is 66.3 Å². The van der Waals surface area contributed by atoms with Crippen LogP contribution in [0.3, 0.4) is 0 Å². The number of rotatable bonds is 4. The van der Waals surface area contributed by atoms with Crippen molar-refractivity contribution in [2.75, 3.05) is 0 Å². The van der Waals surface area contributed by atoms with Gasteiger partial charge in [0.25, 0.3) is 0 Å². The van der Waals surface area contributed by atoms with Gasteiger partial charge in [0, 0.05) is 0 Å². The van der Waals surface area contributed by atoms with Crippen LogP contribution in [-0.4, -0.2) is 0 Å². The number of hydrogen-bond donors (Lipinski definition) is 0. The first kappa shape index (κ1) is 11.9. The first-order valence-electron chi connectivity index (χ1n) is 6.47. The standard InChI is InChI=1S/C17H20/c1-2-16(14-15-10-6-5-7-11-15)17-12-8-3-4-9-13-17/h3,5-13,16H,2,4,14H2,1H3. The minimum atomic E-state index is 0.636. The average molecular weight is 224 g/mol. The summed E-state index contributed by atoms with van der Waals surface area (Å²) in [5, 5.41) is 0. The van der Waals surface area contributed by atoms with Crippen molar-refractivity contribution in [3.63, 3.8) is 0 Å². The van der Waals surface area contributed by atoms with Crippen molar-refractivity contribution in [2.24, 2.45) is 5.92 Å². The largest absolute Gasteiger partial charge is 0.0807 e. The smallest absolute Gasteiger partial charge is 0.0124 e. The Morgan fingerprint density at radius 1 is 1.12 bits per heavy atom. The molecule has 0 saturated carbocycles. The van der Waals surface area contributed by atoms with Crippen molar-refractivity contribution >= 4 is 0 Å². The molecule has 0 spiro atoms. The number of hydrogen-bond acceptors (Lipinski definition) is 0. The van der Waals surface area contributed by atoms with Crippen LogP contribution >= 0.6 is 0 Å². The lowest BCUT2D eigenvalue weighted by molar-refractivity contribution is 0.601. The monoisotopic (exact) mass is 224 g/mol. The van der Waals surface area contributed by atoms with E-state index in [4.69, 9.17) is 0 Å². The molecule has 0 amide bonds. The average Bonchev–Trinajstić information content (AvgIpc) is 2.66. The SMILES string of the molecule is CCC(Cc1ccccc1)C1=CC=CCC=C1. The van der Waals surface area contributed by atoms with E-state index >= 15 is 0 Å². The molecule has 0 aromatic heterocycles. The van der Waals surface area contributed by atoms with Crippen LogP contribution in [0.25, 0.3) is 0 Å². The lowest BCUT2D eigenvalue weighted by Crippen LogP contribution is -2.05. The normalized spacial score (nSPS) is 16.4. The van der Waals surface area contributed by atoms with Crippen LogP contribution in [0.5, 0.6) is 0 Å². The second-order valence-corrected chi connectivity index (χ2v) is 4.53. The van der Waals surface area contributed by atoms with Crippen LogP contribution in [0.1, 0.15) is 25.3 Å². The lowest BCUT2D eigenvalue weighted by Gasteiger charge is -2.16. The molecule has 0 N–H and O–H groups in total. The highest BCUT2D eigenvalue weighted by atomic mass is 14.2. The zero-order valence-corrected chi connectivity index (χ0v) is 10.5. The molecule has 0 aliphatic heterocycles. The molecule has 1 atom stereocenters. The van der Waals surface area contributed by atoms with Gasteiger partial charge in [0.15, 0.2) is 0 Å².